The zero-order valence-electron chi connectivity index (χ0n) is 11.2. The highest BCUT2D eigenvalue weighted by Gasteiger charge is 2.19. The summed E-state index contributed by atoms with van der Waals surface area (Å²) < 4.78 is 7.88. The Morgan fingerprint density at radius 1 is 1.21 bits per heavy atom. The molecule has 0 spiro atoms. The molecule has 0 aliphatic heterocycles. The molecule has 4 heteroatoms. The first-order chi connectivity index (χ1) is 8.87. The van der Waals surface area contributed by atoms with Crippen molar-refractivity contribution in [2.24, 2.45) is 0 Å². The summed E-state index contributed by atoms with van der Waals surface area (Å²) in [6, 6.07) is 11.5. The first-order valence-electron chi connectivity index (χ1n) is 6.03. The number of carbonyl (C=O) groups is 1. The fraction of sp³-hybridized carbons (Fsp3) is 0.267. The molecule has 3 nitrogen and oxygen atoms in total. The average Bonchev–Trinajstić information content (AvgIpc) is 2.75. The van der Waals surface area contributed by atoms with Gasteiger partial charge in [0.1, 0.15) is 5.60 Å². The van der Waals surface area contributed by atoms with Crippen LogP contribution in [0.1, 0.15) is 20.8 Å². The van der Waals surface area contributed by atoms with E-state index in [0.717, 1.165) is 15.7 Å². The number of ether oxygens (including phenoxy) is 1. The molecule has 0 aliphatic rings. The van der Waals surface area contributed by atoms with E-state index in [0.29, 0.717) is 0 Å². The van der Waals surface area contributed by atoms with Crippen molar-refractivity contribution in [2.75, 3.05) is 0 Å². The molecule has 0 radical (unpaired) electrons. The van der Waals surface area contributed by atoms with Gasteiger partial charge in [0.25, 0.3) is 0 Å². The van der Waals surface area contributed by atoms with Gasteiger partial charge in [-0.05, 0) is 50.6 Å². The van der Waals surface area contributed by atoms with E-state index in [1.807, 2.05) is 57.2 Å². The van der Waals surface area contributed by atoms with Crippen LogP contribution in [0.15, 0.2) is 47.1 Å². The molecule has 2 aromatic rings. The molecule has 0 bridgehead atoms. The minimum Gasteiger partial charge on any atom is -0.443 e. The van der Waals surface area contributed by atoms with E-state index in [-0.39, 0.29) is 6.09 Å². The number of nitrogens with zero attached hydrogens (tertiary/aromatic N) is 1. The Labute approximate surface area is 121 Å². The second-order valence-electron chi connectivity index (χ2n) is 5.25. The van der Waals surface area contributed by atoms with Crippen LogP contribution in [0, 0.1) is 0 Å². The molecular weight excluding hydrogens is 306 g/mol. The molecule has 0 saturated heterocycles. The largest absolute Gasteiger partial charge is 0.443 e. The molecule has 0 unspecified atom stereocenters. The van der Waals surface area contributed by atoms with Crippen molar-refractivity contribution < 1.29 is 9.53 Å². The number of aromatic nitrogens is 1. The number of hydrogen-bond donors (Lipinski definition) is 0. The van der Waals surface area contributed by atoms with Crippen LogP contribution in [0.25, 0.3) is 11.3 Å². The molecule has 0 fully saturated rings. The molecule has 1 heterocycles. The van der Waals surface area contributed by atoms with E-state index < -0.39 is 5.60 Å². The summed E-state index contributed by atoms with van der Waals surface area (Å²) in [5.41, 5.74) is 1.27. The highest BCUT2D eigenvalue weighted by atomic mass is 79.9. The van der Waals surface area contributed by atoms with Gasteiger partial charge in [-0.2, -0.15) is 0 Å². The molecule has 0 aliphatic carbocycles. The van der Waals surface area contributed by atoms with Crippen LogP contribution >= 0.6 is 15.9 Å². The van der Waals surface area contributed by atoms with Crippen molar-refractivity contribution in [3.05, 3.63) is 47.1 Å². The first-order valence-corrected chi connectivity index (χ1v) is 6.83. The van der Waals surface area contributed by atoms with Crippen LogP contribution in [0.5, 0.6) is 0 Å². The summed E-state index contributed by atoms with van der Waals surface area (Å²) in [5.74, 6) is 0. The van der Waals surface area contributed by atoms with Crippen LogP contribution in [0.2, 0.25) is 0 Å². The zero-order chi connectivity index (χ0) is 14.0. The van der Waals surface area contributed by atoms with Gasteiger partial charge in [0.2, 0.25) is 0 Å². The van der Waals surface area contributed by atoms with E-state index in [1.54, 1.807) is 6.20 Å². The molecule has 2 rings (SSSR count). The topological polar surface area (TPSA) is 31.2 Å². The van der Waals surface area contributed by atoms with E-state index in [4.69, 9.17) is 4.74 Å². The maximum atomic E-state index is 12.1. The van der Waals surface area contributed by atoms with Crippen molar-refractivity contribution in [3.63, 3.8) is 0 Å². The maximum Gasteiger partial charge on any atom is 0.418 e. The molecule has 100 valence electrons. The summed E-state index contributed by atoms with van der Waals surface area (Å²) in [6.07, 6.45) is 1.34. The Morgan fingerprint density at radius 2 is 1.95 bits per heavy atom. The lowest BCUT2D eigenvalue weighted by atomic mass is 10.1. The Morgan fingerprint density at radius 3 is 2.58 bits per heavy atom. The van der Waals surface area contributed by atoms with Crippen LogP contribution in [-0.2, 0) is 4.74 Å². The quantitative estimate of drug-likeness (QED) is 0.762. The molecule has 0 amide bonds. The number of hydrogen-bond acceptors (Lipinski definition) is 2. The summed E-state index contributed by atoms with van der Waals surface area (Å²) in [4.78, 5) is 12.1. The predicted molar refractivity (Wildman–Crippen MR) is 79.2 cm³/mol. The Hall–Kier alpha value is -1.55. The van der Waals surface area contributed by atoms with Crippen LogP contribution < -0.4 is 0 Å². The van der Waals surface area contributed by atoms with Crippen molar-refractivity contribution in [3.8, 4) is 11.3 Å². The third-order valence-corrected chi connectivity index (χ3v) is 2.95. The lowest BCUT2D eigenvalue weighted by Gasteiger charge is -2.20. The van der Waals surface area contributed by atoms with Crippen LogP contribution in [0.3, 0.4) is 0 Å². The molecule has 1 aromatic carbocycles. The zero-order valence-corrected chi connectivity index (χ0v) is 12.8. The third kappa shape index (κ3) is 3.47. The summed E-state index contributed by atoms with van der Waals surface area (Å²) in [6.45, 7) is 5.56. The maximum absolute atomic E-state index is 12.1. The van der Waals surface area contributed by atoms with Gasteiger partial charge in [0.05, 0.1) is 5.69 Å². The van der Waals surface area contributed by atoms with Crippen molar-refractivity contribution in [1.29, 1.82) is 0 Å². The van der Waals surface area contributed by atoms with E-state index >= 15 is 0 Å². The number of benzene rings is 1. The standard InChI is InChI=1S/C15H16BrNO2/c1-15(2,3)19-14(18)17-9-5-8-13(17)11-6-4-7-12(16)10-11/h4-10H,1-3H3. The van der Waals surface area contributed by atoms with Crippen molar-refractivity contribution in [1.82, 2.24) is 4.57 Å². The Balaban J connectivity index is 2.35. The van der Waals surface area contributed by atoms with Crippen molar-refractivity contribution in [2.45, 2.75) is 26.4 Å². The minimum atomic E-state index is -0.504. The first kappa shape index (κ1) is 13.9. The fourth-order valence-electron chi connectivity index (χ4n) is 1.73. The smallest absolute Gasteiger partial charge is 0.418 e. The molecule has 19 heavy (non-hydrogen) atoms. The van der Waals surface area contributed by atoms with Gasteiger partial charge in [0.15, 0.2) is 0 Å². The highest BCUT2D eigenvalue weighted by Crippen LogP contribution is 2.24. The van der Waals surface area contributed by atoms with E-state index in [1.165, 1.54) is 4.57 Å². The van der Waals surface area contributed by atoms with E-state index in [9.17, 15) is 4.79 Å². The van der Waals surface area contributed by atoms with Gasteiger partial charge in [-0.25, -0.2) is 4.79 Å². The fourth-order valence-corrected chi connectivity index (χ4v) is 2.13. The second-order valence-corrected chi connectivity index (χ2v) is 6.17. The summed E-state index contributed by atoms with van der Waals surface area (Å²) in [5, 5.41) is 0. The average molecular weight is 322 g/mol. The van der Waals surface area contributed by atoms with Gasteiger partial charge in [-0.3, -0.25) is 4.57 Å². The molecule has 1 aromatic heterocycles. The molecule has 0 atom stereocenters. The Kier molecular flexibility index (Phi) is 3.80. The summed E-state index contributed by atoms with van der Waals surface area (Å²) >= 11 is 3.43. The lowest BCUT2D eigenvalue weighted by Crippen LogP contribution is -2.27. The second kappa shape index (κ2) is 5.21. The predicted octanol–water partition coefficient (Wildman–Crippen LogP) is 4.70. The van der Waals surface area contributed by atoms with E-state index in [2.05, 4.69) is 15.9 Å². The number of rotatable bonds is 1. The molecule has 0 N–H and O–H groups in total. The van der Waals surface area contributed by atoms with Crippen molar-refractivity contribution >= 4 is 22.0 Å². The third-order valence-electron chi connectivity index (χ3n) is 2.46. The number of carbonyl (C=O) groups excluding carboxylic acids is 1. The van der Waals surface area contributed by atoms with Gasteiger partial charge in [-0.15, -0.1) is 0 Å². The monoisotopic (exact) mass is 321 g/mol. The van der Waals surface area contributed by atoms with Gasteiger partial charge >= 0.3 is 6.09 Å². The SMILES string of the molecule is CC(C)(C)OC(=O)n1cccc1-c1cccc(Br)c1. The van der Waals surface area contributed by atoms with Gasteiger partial charge in [0, 0.05) is 10.7 Å². The number of halogens is 1. The minimum absolute atomic E-state index is 0.368. The lowest BCUT2D eigenvalue weighted by molar-refractivity contribution is 0.0540. The Bertz CT molecular complexity index is 596. The van der Waals surface area contributed by atoms with Gasteiger partial charge in [-0.1, -0.05) is 28.1 Å². The molecular formula is C15H16BrNO2. The van der Waals surface area contributed by atoms with Crippen LogP contribution in [0.4, 0.5) is 4.79 Å². The summed E-state index contributed by atoms with van der Waals surface area (Å²) in [7, 11) is 0. The normalized spacial score (nSPS) is 11.4. The van der Waals surface area contributed by atoms with Gasteiger partial charge < -0.3 is 4.74 Å². The van der Waals surface area contributed by atoms with Crippen LogP contribution in [-0.4, -0.2) is 16.3 Å². The molecule has 0 saturated carbocycles. The highest BCUT2D eigenvalue weighted by molar-refractivity contribution is 9.10.